The zero-order valence-corrected chi connectivity index (χ0v) is 10.1. The highest BCUT2D eigenvalue weighted by Gasteiger charge is 2.45. The van der Waals surface area contributed by atoms with Crippen LogP contribution in [-0.4, -0.2) is 23.9 Å². The van der Waals surface area contributed by atoms with Crippen LogP contribution in [-0.2, 0) is 4.79 Å². The van der Waals surface area contributed by atoms with Gasteiger partial charge in [-0.3, -0.25) is 4.79 Å². The van der Waals surface area contributed by atoms with Crippen molar-refractivity contribution < 1.29 is 4.79 Å². The zero-order valence-electron chi connectivity index (χ0n) is 10.1. The summed E-state index contributed by atoms with van der Waals surface area (Å²) in [6.45, 7) is 6.38. The molecule has 3 nitrogen and oxygen atoms in total. The number of nitriles is 1. The monoisotopic (exact) mass is 220 g/mol. The molecule has 1 saturated carbocycles. The Bertz CT molecular complexity index is 320. The Morgan fingerprint density at radius 1 is 1.50 bits per heavy atom. The van der Waals surface area contributed by atoms with Crippen LogP contribution < -0.4 is 0 Å². The van der Waals surface area contributed by atoms with Crippen LogP contribution >= 0.6 is 0 Å². The minimum atomic E-state index is 0.0251. The summed E-state index contributed by atoms with van der Waals surface area (Å²) in [6, 6.07) is 1.95. The third-order valence-corrected chi connectivity index (χ3v) is 4.62. The molecule has 0 aromatic heterocycles. The average Bonchev–Trinajstić information content (AvgIpc) is 2.79. The Kier molecular flexibility index (Phi) is 3.18. The largest absolute Gasteiger partial charge is 0.341 e. The van der Waals surface area contributed by atoms with E-state index in [4.69, 9.17) is 5.26 Å². The van der Waals surface area contributed by atoms with Gasteiger partial charge in [0.2, 0.25) is 5.91 Å². The summed E-state index contributed by atoms with van der Waals surface area (Å²) < 4.78 is 0. The number of fused-ring (bicyclic) bond motifs is 1. The fourth-order valence-corrected chi connectivity index (χ4v) is 3.62. The van der Waals surface area contributed by atoms with Crippen molar-refractivity contribution in [1.29, 1.82) is 5.26 Å². The quantitative estimate of drug-likeness (QED) is 0.714. The first-order chi connectivity index (χ1) is 7.67. The number of carbonyl (C=O) groups is 1. The number of amides is 1. The highest BCUT2D eigenvalue weighted by molar-refractivity contribution is 5.78. The van der Waals surface area contributed by atoms with E-state index < -0.39 is 0 Å². The summed E-state index contributed by atoms with van der Waals surface area (Å²) in [7, 11) is 0. The summed E-state index contributed by atoms with van der Waals surface area (Å²) in [5, 5.41) is 8.53. The minimum Gasteiger partial charge on any atom is -0.341 e. The van der Waals surface area contributed by atoms with Gasteiger partial charge in [-0.15, -0.1) is 0 Å². The molecular formula is C13H20N2O. The van der Waals surface area contributed by atoms with Gasteiger partial charge in [-0.1, -0.05) is 20.3 Å². The molecule has 1 saturated heterocycles. The second kappa shape index (κ2) is 4.45. The predicted molar refractivity (Wildman–Crippen MR) is 61.4 cm³/mol. The molecule has 0 N–H and O–H groups in total. The molecule has 2 fully saturated rings. The van der Waals surface area contributed by atoms with Gasteiger partial charge < -0.3 is 4.90 Å². The van der Waals surface area contributed by atoms with Crippen molar-refractivity contribution in [1.82, 2.24) is 4.90 Å². The van der Waals surface area contributed by atoms with Crippen molar-refractivity contribution >= 4 is 5.91 Å². The third kappa shape index (κ3) is 1.81. The van der Waals surface area contributed by atoms with E-state index in [9.17, 15) is 4.79 Å². The molecule has 1 aliphatic carbocycles. The highest BCUT2D eigenvalue weighted by Crippen LogP contribution is 2.46. The van der Waals surface area contributed by atoms with Crippen molar-refractivity contribution in [2.24, 2.45) is 23.7 Å². The molecular weight excluding hydrogens is 200 g/mol. The first-order valence-corrected chi connectivity index (χ1v) is 6.32. The summed E-state index contributed by atoms with van der Waals surface area (Å²) in [4.78, 5) is 13.5. The molecule has 1 heterocycles. The number of rotatable bonds is 2. The molecule has 1 aliphatic heterocycles. The third-order valence-electron chi connectivity index (χ3n) is 4.62. The van der Waals surface area contributed by atoms with Crippen LogP contribution in [0.5, 0.6) is 0 Å². The fraction of sp³-hybridized carbons (Fsp3) is 0.846. The van der Waals surface area contributed by atoms with E-state index in [0.29, 0.717) is 11.8 Å². The molecule has 1 amide bonds. The van der Waals surface area contributed by atoms with Crippen LogP contribution in [0, 0.1) is 35.0 Å². The minimum absolute atomic E-state index is 0.0251. The van der Waals surface area contributed by atoms with E-state index in [1.807, 2.05) is 11.0 Å². The Hall–Kier alpha value is -1.04. The lowest BCUT2D eigenvalue weighted by Crippen LogP contribution is -2.30. The van der Waals surface area contributed by atoms with Gasteiger partial charge in [0.25, 0.3) is 0 Å². The number of hydrogen-bond donors (Lipinski definition) is 0. The van der Waals surface area contributed by atoms with Gasteiger partial charge in [-0.05, 0) is 30.1 Å². The second-order valence-corrected chi connectivity index (χ2v) is 5.32. The second-order valence-electron chi connectivity index (χ2n) is 5.32. The van der Waals surface area contributed by atoms with E-state index in [1.54, 1.807) is 0 Å². The van der Waals surface area contributed by atoms with E-state index >= 15 is 0 Å². The number of carbonyl (C=O) groups excluding carboxylic acids is 1. The van der Waals surface area contributed by atoms with E-state index in [2.05, 4.69) is 13.8 Å². The lowest BCUT2D eigenvalue weighted by Gasteiger charge is -2.21. The predicted octanol–water partition coefficient (Wildman–Crippen LogP) is 2.04. The number of hydrogen-bond acceptors (Lipinski definition) is 2. The van der Waals surface area contributed by atoms with Gasteiger partial charge in [0.05, 0.1) is 6.07 Å². The summed E-state index contributed by atoms with van der Waals surface area (Å²) >= 11 is 0. The first kappa shape index (κ1) is 11.4. The molecule has 3 heteroatoms. The molecule has 0 spiro atoms. The molecule has 16 heavy (non-hydrogen) atoms. The van der Waals surface area contributed by atoms with Gasteiger partial charge in [0.1, 0.15) is 6.42 Å². The molecule has 4 atom stereocenters. The Morgan fingerprint density at radius 2 is 2.25 bits per heavy atom. The van der Waals surface area contributed by atoms with Gasteiger partial charge in [0.15, 0.2) is 0 Å². The summed E-state index contributed by atoms with van der Waals surface area (Å²) in [5.74, 6) is 3.01. The van der Waals surface area contributed by atoms with Crippen molar-refractivity contribution in [3.8, 4) is 6.07 Å². The van der Waals surface area contributed by atoms with E-state index in [1.165, 1.54) is 12.8 Å². The molecule has 0 radical (unpaired) electrons. The molecule has 88 valence electrons. The average molecular weight is 220 g/mol. The SMILES string of the molecule is CCC1CC2CN(C(=O)CC#N)CC2C1C. The van der Waals surface area contributed by atoms with Crippen LogP contribution in [0.15, 0.2) is 0 Å². The molecule has 4 unspecified atom stereocenters. The number of likely N-dealkylation sites (tertiary alicyclic amines) is 1. The van der Waals surface area contributed by atoms with Crippen molar-refractivity contribution in [2.75, 3.05) is 13.1 Å². The van der Waals surface area contributed by atoms with Crippen molar-refractivity contribution in [3.05, 3.63) is 0 Å². The maximum atomic E-state index is 11.6. The lowest BCUT2D eigenvalue weighted by molar-refractivity contribution is -0.129. The van der Waals surface area contributed by atoms with Crippen LogP contribution in [0.1, 0.15) is 33.1 Å². The topological polar surface area (TPSA) is 44.1 Å². The zero-order chi connectivity index (χ0) is 11.7. The normalized spacial score (nSPS) is 37.2. The Balaban J connectivity index is 1.97. The maximum absolute atomic E-state index is 11.6. The Morgan fingerprint density at radius 3 is 2.81 bits per heavy atom. The van der Waals surface area contributed by atoms with Crippen LogP contribution in [0.3, 0.4) is 0 Å². The summed E-state index contributed by atoms with van der Waals surface area (Å²) in [5.41, 5.74) is 0. The molecule has 0 bridgehead atoms. The molecule has 0 aromatic rings. The van der Waals surface area contributed by atoms with Crippen molar-refractivity contribution in [2.45, 2.75) is 33.1 Å². The highest BCUT2D eigenvalue weighted by atomic mass is 16.2. The molecule has 2 aliphatic rings. The van der Waals surface area contributed by atoms with Gasteiger partial charge in [-0.2, -0.15) is 5.26 Å². The van der Waals surface area contributed by atoms with Gasteiger partial charge in [0, 0.05) is 13.1 Å². The lowest BCUT2D eigenvalue weighted by atomic mass is 9.89. The standard InChI is InChI=1S/C13H20N2O/c1-3-10-6-11-7-15(13(16)4-5-14)8-12(11)9(10)2/h9-12H,3-4,6-8H2,1-2H3. The van der Waals surface area contributed by atoms with Crippen LogP contribution in [0.25, 0.3) is 0 Å². The number of nitrogens with zero attached hydrogens (tertiary/aromatic N) is 2. The summed E-state index contributed by atoms with van der Waals surface area (Å²) in [6.07, 6.45) is 2.59. The van der Waals surface area contributed by atoms with E-state index in [-0.39, 0.29) is 12.3 Å². The van der Waals surface area contributed by atoms with Crippen LogP contribution in [0.2, 0.25) is 0 Å². The Labute approximate surface area is 97.4 Å². The van der Waals surface area contributed by atoms with Gasteiger partial charge in [-0.25, -0.2) is 0 Å². The molecule has 2 rings (SSSR count). The van der Waals surface area contributed by atoms with E-state index in [0.717, 1.165) is 24.9 Å². The van der Waals surface area contributed by atoms with Gasteiger partial charge >= 0.3 is 0 Å². The maximum Gasteiger partial charge on any atom is 0.236 e. The molecule has 0 aromatic carbocycles. The fourth-order valence-electron chi connectivity index (χ4n) is 3.62. The van der Waals surface area contributed by atoms with Crippen molar-refractivity contribution in [3.63, 3.8) is 0 Å². The first-order valence-electron chi connectivity index (χ1n) is 6.32. The smallest absolute Gasteiger partial charge is 0.236 e. The van der Waals surface area contributed by atoms with Crippen LogP contribution in [0.4, 0.5) is 0 Å².